The first-order valence-electron chi connectivity index (χ1n) is 2.36. The van der Waals surface area contributed by atoms with Gasteiger partial charge < -0.3 is 0 Å². The predicted octanol–water partition coefficient (Wildman–Crippen LogP) is 0.400. The summed E-state index contributed by atoms with van der Waals surface area (Å²) in [5.74, 6) is 2.48. The molecule has 0 bridgehead atoms. The first kappa shape index (κ1) is 5.82. The summed E-state index contributed by atoms with van der Waals surface area (Å²) in [6.45, 7) is 0. The molecule has 3 heteroatoms. The van der Waals surface area contributed by atoms with E-state index in [1.165, 1.54) is 6.08 Å². The second-order valence-electron chi connectivity index (χ2n) is 1.63. The van der Waals surface area contributed by atoms with E-state index in [9.17, 15) is 8.42 Å². The topological polar surface area (TPSA) is 34.1 Å². The molecule has 0 unspecified atom stereocenters. The van der Waals surface area contributed by atoms with Crippen molar-refractivity contribution in [2.45, 2.75) is 6.42 Å². The summed E-state index contributed by atoms with van der Waals surface area (Å²) in [5, 5.41) is 0. The van der Waals surface area contributed by atoms with E-state index >= 15 is 0 Å². The van der Waals surface area contributed by atoms with E-state index in [4.69, 9.17) is 0 Å². The quantitative estimate of drug-likeness (QED) is 0.475. The highest BCUT2D eigenvalue weighted by Gasteiger charge is 2.11. The summed E-state index contributed by atoms with van der Waals surface area (Å²) in [4.78, 5) is 0. The Morgan fingerprint density at radius 1 is 1.50 bits per heavy atom. The second-order valence-corrected chi connectivity index (χ2v) is 3.50. The lowest BCUT2D eigenvalue weighted by Gasteiger charge is -2.00. The van der Waals surface area contributed by atoms with E-state index < -0.39 is 9.84 Å². The normalized spacial score (nSPS) is 25.5. The highest BCUT2D eigenvalue weighted by Crippen LogP contribution is 2.06. The minimum atomic E-state index is -2.92. The molecule has 0 fully saturated rings. The van der Waals surface area contributed by atoms with Crippen molar-refractivity contribution in [2.75, 3.05) is 5.75 Å². The van der Waals surface area contributed by atoms with Crippen molar-refractivity contribution in [1.29, 1.82) is 0 Å². The van der Waals surface area contributed by atoms with Crippen molar-refractivity contribution >= 4 is 9.84 Å². The van der Waals surface area contributed by atoms with Crippen LogP contribution in [0.25, 0.3) is 0 Å². The zero-order valence-electron chi connectivity index (χ0n) is 4.29. The third-order valence-electron chi connectivity index (χ3n) is 0.919. The minimum absolute atomic E-state index is 0.226. The second kappa shape index (κ2) is 1.90. The van der Waals surface area contributed by atoms with Crippen LogP contribution in [-0.2, 0) is 9.84 Å². The molecule has 1 aliphatic heterocycles. The molecule has 8 heavy (non-hydrogen) atoms. The van der Waals surface area contributed by atoms with Gasteiger partial charge in [0.15, 0.2) is 9.84 Å². The van der Waals surface area contributed by atoms with E-state index in [2.05, 4.69) is 5.75 Å². The molecule has 0 saturated carbocycles. The smallest absolute Gasteiger partial charge is 0.163 e. The molecular formula is C5H6O2S. The van der Waals surface area contributed by atoms with E-state index in [1.807, 2.05) is 0 Å². The lowest BCUT2D eigenvalue weighted by molar-refractivity contribution is 0.601. The van der Waals surface area contributed by atoms with Crippen LogP contribution in [0, 0.1) is 5.75 Å². The fourth-order valence-electron chi connectivity index (χ4n) is 0.517. The van der Waals surface area contributed by atoms with Gasteiger partial charge in [0.1, 0.15) is 5.75 Å². The molecule has 0 amide bonds. The Kier molecular flexibility index (Phi) is 1.38. The van der Waals surface area contributed by atoms with Crippen molar-refractivity contribution < 1.29 is 8.42 Å². The SMILES string of the molecule is O=S1(=O)[C]C=CCC1. The van der Waals surface area contributed by atoms with Crippen LogP contribution in [0.2, 0.25) is 0 Å². The Balaban J connectivity index is 2.79. The van der Waals surface area contributed by atoms with Gasteiger partial charge in [-0.2, -0.15) is 0 Å². The van der Waals surface area contributed by atoms with Gasteiger partial charge in [-0.25, -0.2) is 8.42 Å². The molecule has 1 rings (SSSR count). The summed E-state index contributed by atoms with van der Waals surface area (Å²) in [6, 6.07) is 0. The third kappa shape index (κ3) is 1.33. The highest BCUT2D eigenvalue weighted by atomic mass is 32.2. The van der Waals surface area contributed by atoms with Gasteiger partial charge in [-0.05, 0) is 6.42 Å². The third-order valence-corrected chi connectivity index (χ3v) is 2.19. The average molecular weight is 130 g/mol. The van der Waals surface area contributed by atoms with Crippen LogP contribution >= 0.6 is 0 Å². The molecule has 1 aliphatic rings. The van der Waals surface area contributed by atoms with Gasteiger partial charge >= 0.3 is 0 Å². The monoisotopic (exact) mass is 130 g/mol. The number of hydrogen-bond donors (Lipinski definition) is 0. The molecule has 0 aromatic heterocycles. The first-order chi connectivity index (χ1) is 3.71. The van der Waals surface area contributed by atoms with Crippen LogP contribution in [0.5, 0.6) is 0 Å². The van der Waals surface area contributed by atoms with Crippen molar-refractivity contribution in [1.82, 2.24) is 0 Å². The van der Waals surface area contributed by atoms with Crippen molar-refractivity contribution in [3.8, 4) is 0 Å². The fourth-order valence-corrected chi connectivity index (χ4v) is 1.39. The molecule has 2 radical (unpaired) electrons. The standard InChI is InChI=1S/C5H6O2S/c6-8(7)4-2-1-3-5-8/h1-2H,3,5H2. The summed E-state index contributed by atoms with van der Waals surface area (Å²) in [7, 11) is -2.92. The van der Waals surface area contributed by atoms with Crippen LogP contribution in [0.3, 0.4) is 0 Å². The van der Waals surface area contributed by atoms with E-state index in [0.29, 0.717) is 6.42 Å². The van der Waals surface area contributed by atoms with Gasteiger partial charge in [0.2, 0.25) is 0 Å². The average Bonchev–Trinajstić information content (AvgIpc) is 1.65. The van der Waals surface area contributed by atoms with E-state index in [1.54, 1.807) is 6.08 Å². The van der Waals surface area contributed by atoms with Gasteiger partial charge in [-0.1, -0.05) is 12.2 Å². The van der Waals surface area contributed by atoms with Crippen LogP contribution in [0.15, 0.2) is 12.2 Å². The zero-order valence-corrected chi connectivity index (χ0v) is 5.11. The molecular weight excluding hydrogens is 124 g/mol. The predicted molar refractivity (Wildman–Crippen MR) is 30.8 cm³/mol. The number of sulfone groups is 1. The lowest BCUT2D eigenvalue weighted by atomic mass is 10.4. The molecule has 1 heterocycles. The molecule has 0 aromatic carbocycles. The van der Waals surface area contributed by atoms with Gasteiger partial charge in [-0.15, -0.1) is 0 Å². The van der Waals surface area contributed by atoms with Crippen LogP contribution in [-0.4, -0.2) is 14.2 Å². The van der Waals surface area contributed by atoms with Gasteiger partial charge in [0.25, 0.3) is 0 Å². The van der Waals surface area contributed by atoms with Crippen LogP contribution in [0.4, 0.5) is 0 Å². The molecule has 0 spiro atoms. The Bertz CT molecular complexity index is 188. The van der Waals surface area contributed by atoms with Gasteiger partial charge in [0, 0.05) is 0 Å². The zero-order chi connectivity index (χ0) is 6.04. The Hall–Kier alpha value is -0.310. The summed E-state index contributed by atoms with van der Waals surface area (Å²) >= 11 is 0. The Morgan fingerprint density at radius 3 is 2.50 bits per heavy atom. The highest BCUT2D eigenvalue weighted by molar-refractivity contribution is 7.93. The Labute approximate surface area is 49.1 Å². The fraction of sp³-hybridized carbons (Fsp3) is 0.400. The molecule has 44 valence electrons. The minimum Gasteiger partial charge on any atom is -0.228 e. The number of rotatable bonds is 0. The summed E-state index contributed by atoms with van der Waals surface area (Å²) < 4.78 is 21.0. The maximum atomic E-state index is 10.5. The maximum absolute atomic E-state index is 10.5. The lowest BCUT2D eigenvalue weighted by Crippen LogP contribution is -2.07. The summed E-state index contributed by atoms with van der Waals surface area (Å²) in [5.41, 5.74) is 0. The van der Waals surface area contributed by atoms with Crippen molar-refractivity contribution in [3.63, 3.8) is 0 Å². The van der Waals surface area contributed by atoms with Crippen LogP contribution < -0.4 is 0 Å². The molecule has 0 aromatic rings. The Morgan fingerprint density at radius 2 is 2.25 bits per heavy atom. The van der Waals surface area contributed by atoms with Crippen molar-refractivity contribution in [3.05, 3.63) is 17.9 Å². The largest absolute Gasteiger partial charge is 0.228 e. The molecule has 0 N–H and O–H groups in total. The maximum Gasteiger partial charge on any atom is 0.163 e. The molecule has 2 nitrogen and oxygen atoms in total. The van der Waals surface area contributed by atoms with Gasteiger partial charge in [0.05, 0.1) is 5.75 Å². The number of hydrogen-bond acceptors (Lipinski definition) is 2. The molecule has 0 saturated heterocycles. The molecule has 0 aliphatic carbocycles. The first-order valence-corrected chi connectivity index (χ1v) is 4.01. The van der Waals surface area contributed by atoms with Gasteiger partial charge in [-0.3, -0.25) is 0 Å². The van der Waals surface area contributed by atoms with E-state index in [0.717, 1.165) is 0 Å². The van der Waals surface area contributed by atoms with E-state index in [-0.39, 0.29) is 5.75 Å². The van der Waals surface area contributed by atoms with Crippen molar-refractivity contribution in [2.24, 2.45) is 0 Å². The summed E-state index contributed by atoms with van der Waals surface area (Å²) in [6.07, 6.45) is 3.88. The van der Waals surface area contributed by atoms with Crippen LogP contribution in [0.1, 0.15) is 6.42 Å². The molecule has 0 atom stereocenters. The number of allylic oxidation sites excluding steroid dienone is 1.